The smallest absolute Gasteiger partial charge is 0.0226 e. The summed E-state index contributed by atoms with van der Waals surface area (Å²) in [5.41, 5.74) is 0. The lowest BCUT2D eigenvalue weighted by Gasteiger charge is -2.42. The van der Waals surface area contributed by atoms with Crippen LogP contribution in [0.15, 0.2) is 0 Å². The average molecular weight is 168 g/mol. The molecule has 2 saturated heterocycles. The van der Waals surface area contributed by atoms with Gasteiger partial charge in [-0.1, -0.05) is 6.92 Å². The molecule has 0 unspecified atom stereocenters. The first-order valence-corrected chi connectivity index (χ1v) is 5.25. The molecule has 4 atom stereocenters. The third kappa shape index (κ3) is 1.64. The minimum atomic E-state index is 0.735. The maximum atomic E-state index is 3.69. The van der Waals surface area contributed by atoms with Crippen LogP contribution in [0.1, 0.15) is 33.1 Å². The number of piperidine rings is 2. The minimum Gasteiger partial charge on any atom is -0.312 e. The summed E-state index contributed by atoms with van der Waals surface area (Å²) < 4.78 is 0. The second-order valence-electron chi connectivity index (χ2n) is 4.61. The van der Waals surface area contributed by atoms with Crippen molar-refractivity contribution in [1.29, 1.82) is 0 Å². The van der Waals surface area contributed by atoms with E-state index in [9.17, 15) is 0 Å². The van der Waals surface area contributed by atoms with Crippen molar-refractivity contribution >= 4 is 0 Å². The van der Waals surface area contributed by atoms with Crippen molar-refractivity contribution in [2.75, 3.05) is 6.54 Å². The van der Waals surface area contributed by atoms with Crippen molar-refractivity contribution < 1.29 is 0 Å². The van der Waals surface area contributed by atoms with Crippen molar-refractivity contribution in [3.63, 3.8) is 0 Å². The summed E-state index contributed by atoms with van der Waals surface area (Å²) in [6, 6.07) is 2.24. The van der Waals surface area contributed by atoms with E-state index in [2.05, 4.69) is 24.5 Å². The van der Waals surface area contributed by atoms with Gasteiger partial charge in [-0.05, 0) is 38.6 Å². The Hall–Kier alpha value is -0.0800. The highest BCUT2D eigenvalue weighted by Gasteiger charge is 2.31. The molecule has 0 bridgehead atoms. The summed E-state index contributed by atoms with van der Waals surface area (Å²) in [6.45, 7) is 5.86. The molecule has 2 heteroatoms. The zero-order valence-corrected chi connectivity index (χ0v) is 8.14. The lowest BCUT2D eigenvalue weighted by molar-refractivity contribution is 0.186. The largest absolute Gasteiger partial charge is 0.312 e. The summed E-state index contributed by atoms with van der Waals surface area (Å²) >= 11 is 0. The molecule has 2 N–H and O–H groups in total. The Kier molecular flexibility index (Phi) is 2.37. The normalized spacial score (nSPS) is 48.5. The number of fused-ring (bicyclic) bond motifs is 1. The molecule has 2 fully saturated rings. The Balaban J connectivity index is 1.94. The molecule has 2 nitrogen and oxygen atoms in total. The van der Waals surface area contributed by atoms with E-state index in [1.165, 1.54) is 25.8 Å². The van der Waals surface area contributed by atoms with Gasteiger partial charge >= 0.3 is 0 Å². The molecule has 0 saturated carbocycles. The molecule has 2 rings (SSSR count). The van der Waals surface area contributed by atoms with E-state index in [4.69, 9.17) is 0 Å². The van der Waals surface area contributed by atoms with Gasteiger partial charge in [0.25, 0.3) is 0 Å². The van der Waals surface area contributed by atoms with Gasteiger partial charge < -0.3 is 10.6 Å². The van der Waals surface area contributed by atoms with Crippen LogP contribution in [0, 0.1) is 5.92 Å². The van der Waals surface area contributed by atoms with Crippen LogP contribution in [-0.2, 0) is 0 Å². The summed E-state index contributed by atoms with van der Waals surface area (Å²) in [4.78, 5) is 0. The van der Waals surface area contributed by atoms with Crippen LogP contribution in [0.4, 0.5) is 0 Å². The van der Waals surface area contributed by atoms with Gasteiger partial charge in [-0.3, -0.25) is 0 Å². The van der Waals surface area contributed by atoms with Crippen molar-refractivity contribution in [2.45, 2.75) is 51.2 Å². The third-order valence-electron chi connectivity index (χ3n) is 3.28. The van der Waals surface area contributed by atoms with E-state index >= 15 is 0 Å². The minimum absolute atomic E-state index is 0.735. The van der Waals surface area contributed by atoms with Gasteiger partial charge in [0.2, 0.25) is 0 Å². The fourth-order valence-corrected chi connectivity index (χ4v) is 2.54. The van der Waals surface area contributed by atoms with Crippen LogP contribution < -0.4 is 10.6 Å². The molecule has 0 spiro atoms. The maximum absolute atomic E-state index is 3.69. The lowest BCUT2D eigenvalue weighted by Crippen LogP contribution is -2.59. The monoisotopic (exact) mass is 168 g/mol. The molecule has 12 heavy (non-hydrogen) atoms. The van der Waals surface area contributed by atoms with Crippen molar-refractivity contribution in [3.8, 4) is 0 Å². The van der Waals surface area contributed by atoms with E-state index in [1.54, 1.807) is 0 Å². The van der Waals surface area contributed by atoms with Crippen LogP contribution in [0.25, 0.3) is 0 Å². The average Bonchev–Trinajstić information content (AvgIpc) is 2.03. The lowest BCUT2D eigenvalue weighted by atomic mass is 9.85. The number of hydrogen-bond donors (Lipinski definition) is 2. The Labute approximate surface area is 75.1 Å². The first kappa shape index (κ1) is 8.52. The highest BCUT2D eigenvalue weighted by molar-refractivity contribution is 4.93. The van der Waals surface area contributed by atoms with Crippen LogP contribution in [0.5, 0.6) is 0 Å². The Morgan fingerprint density at radius 1 is 1.08 bits per heavy atom. The highest BCUT2D eigenvalue weighted by atomic mass is 15.1. The SMILES string of the molecule is C[C@@H]1CN[C@H]2CC[C@@H](C)N[C@H]2C1. The summed E-state index contributed by atoms with van der Waals surface area (Å²) in [6.07, 6.45) is 4.07. The molecule has 2 heterocycles. The van der Waals surface area contributed by atoms with Gasteiger partial charge in [0.15, 0.2) is 0 Å². The van der Waals surface area contributed by atoms with Gasteiger partial charge in [0.05, 0.1) is 0 Å². The number of nitrogens with one attached hydrogen (secondary N) is 2. The molecule has 0 aromatic carbocycles. The van der Waals surface area contributed by atoms with Gasteiger partial charge in [0.1, 0.15) is 0 Å². The summed E-state index contributed by atoms with van der Waals surface area (Å²) in [5.74, 6) is 0.851. The molecule has 2 aliphatic heterocycles. The summed E-state index contributed by atoms with van der Waals surface area (Å²) in [7, 11) is 0. The number of hydrogen-bond acceptors (Lipinski definition) is 2. The van der Waals surface area contributed by atoms with Gasteiger partial charge in [0, 0.05) is 18.1 Å². The van der Waals surface area contributed by atoms with E-state index in [1.807, 2.05) is 0 Å². The third-order valence-corrected chi connectivity index (χ3v) is 3.28. The fraction of sp³-hybridized carbons (Fsp3) is 1.00. The van der Waals surface area contributed by atoms with Crippen molar-refractivity contribution in [1.82, 2.24) is 10.6 Å². The van der Waals surface area contributed by atoms with Gasteiger partial charge in [-0.25, -0.2) is 0 Å². The topological polar surface area (TPSA) is 24.1 Å². The first-order valence-electron chi connectivity index (χ1n) is 5.25. The second kappa shape index (κ2) is 3.35. The van der Waals surface area contributed by atoms with Crippen LogP contribution in [-0.4, -0.2) is 24.7 Å². The zero-order chi connectivity index (χ0) is 8.55. The Morgan fingerprint density at radius 3 is 2.75 bits per heavy atom. The predicted octanol–water partition coefficient (Wildman–Crippen LogP) is 1.12. The molecule has 0 amide bonds. The van der Waals surface area contributed by atoms with Gasteiger partial charge in [-0.2, -0.15) is 0 Å². The van der Waals surface area contributed by atoms with E-state index in [0.717, 1.165) is 24.0 Å². The van der Waals surface area contributed by atoms with Crippen LogP contribution in [0.3, 0.4) is 0 Å². The molecule has 2 aliphatic rings. The molecular formula is C10H20N2. The van der Waals surface area contributed by atoms with Gasteiger partial charge in [-0.15, -0.1) is 0 Å². The molecule has 0 aliphatic carbocycles. The zero-order valence-electron chi connectivity index (χ0n) is 8.14. The Morgan fingerprint density at radius 2 is 1.92 bits per heavy atom. The summed E-state index contributed by atoms with van der Waals surface area (Å²) in [5, 5.41) is 7.32. The fourth-order valence-electron chi connectivity index (χ4n) is 2.54. The van der Waals surface area contributed by atoms with E-state index in [0.29, 0.717) is 0 Å². The quantitative estimate of drug-likeness (QED) is 0.566. The molecule has 70 valence electrons. The molecular weight excluding hydrogens is 148 g/mol. The number of rotatable bonds is 0. The van der Waals surface area contributed by atoms with E-state index < -0.39 is 0 Å². The van der Waals surface area contributed by atoms with Crippen molar-refractivity contribution in [2.24, 2.45) is 5.92 Å². The van der Waals surface area contributed by atoms with Crippen LogP contribution >= 0.6 is 0 Å². The first-order chi connectivity index (χ1) is 5.75. The second-order valence-corrected chi connectivity index (χ2v) is 4.61. The molecule has 0 aromatic rings. The predicted molar refractivity (Wildman–Crippen MR) is 51.2 cm³/mol. The maximum Gasteiger partial charge on any atom is 0.0226 e. The van der Waals surface area contributed by atoms with Crippen LogP contribution in [0.2, 0.25) is 0 Å². The molecule has 0 radical (unpaired) electrons. The molecule has 0 aromatic heterocycles. The standard InChI is InChI=1S/C10H20N2/c1-7-5-10-9(11-6-7)4-3-8(2)12-10/h7-12H,3-6H2,1-2H3/t7-,8+,9-,10-/m0/s1. The highest BCUT2D eigenvalue weighted by Crippen LogP contribution is 2.22. The van der Waals surface area contributed by atoms with Crippen molar-refractivity contribution in [3.05, 3.63) is 0 Å². The van der Waals surface area contributed by atoms with E-state index in [-0.39, 0.29) is 0 Å². The Bertz CT molecular complexity index is 142.